The maximum absolute atomic E-state index is 13.2. The normalized spacial score (nSPS) is 21.3. The predicted octanol–water partition coefficient (Wildman–Crippen LogP) is 0.766. The Morgan fingerprint density at radius 1 is 1.33 bits per heavy atom. The van der Waals surface area contributed by atoms with E-state index in [4.69, 9.17) is 4.74 Å². The van der Waals surface area contributed by atoms with Crippen LogP contribution in [0.2, 0.25) is 0 Å². The zero-order chi connectivity index (χ0) is 10.5. The van der Waals surface area contributed by atoms with E-state index < -0.39 is 0 Å². The lowest BCUT2D eigenvalue weighted by Gasteiger charge is -2.24. The zero-order valence-electron chi connectivity index (χ0n) is 8.50. The summed E-state index contributed by atoms with van der Waals surface area (Å²) >= 11 is 0. The first-order valence-corrected chi connectivity index (χ1v) is 5.17. The summed E-state index contributed by atoms with van der Waals surface area (Å²) in [4.78, 5) is 0. The van der Waals surface area contributed by atoms with Crippen LogP contribution in [-0.2, 0) is 0 Å². The molecule has 82 valence electrons. The number of benzene rings is 1. The maximum atomic E-state index is 13.2. The summed E-state index contributed by atoms with van der Waals surface area (Å²) in [6, 6.07) is 6.74. The van der Waals surface area contributed by atoms with E-state index in [2.05, 4.69) is 10.6 Å². The van der Waals surface area contributed by atoms with E-state index in [1.807, 2.05) is 0 Å². The van der Waals surface area contributed by atoms with Gasteiger partial charge in [-0.15, -0.1) is 0 Å². The summed E-state index contributed by atoms with van der Waals surface area (Å²) in [6.07, 6.45) is 0. The fourth-order valence-corrected chi connectivity index (χ4v) is 1.58. The van der Waals surface area contributed by atoms with Crippen molar-refractivity contribution in [1.29, 1.82) is 0 Å². The molecule has 3 nitrogen and oxygen atoms in total. The second kappa shape index (κ2) is 5.09. The summed E-state index contributed by atoms with van der Waals surface area (Å²) in [5.74, 6) is 0.0196. The van der Waals surface area contributed by atoms with Crippen molar-refractivity contribution in [1.82, 2.24) is 10.6 Å². The van der Waals surface area contributed by atoms with E-state index >= 15 is 0 Å². The number of halogens is 1. The standard InChI is InChI=1S/C11H15FN2O/c12-10-3-1-2-4-11(10)15-8-9-7-13-5-6-14-9/h1-4,9,13-14H,5-8H2/t9-/m0/s1. The summed E-state index contributed by atoms with van der Waals surface area (Å²) in [7, 11) is 0. The summed E-state index contributed by atoms with van der Waals surface area (Å²) in [6.45, 7) is 3.28. The van der Waals surface area contributed by atoms with Crippen molar-refractivity contribution in [2.45, 2.75) is 6.04 Å². The van der Waals surface area contributed by atoms with E-state index in [0.717, 1.165) is 19.6 Å². The third-order valence-electron chi connectivity index (χ3n) is 2.40. The van der Waals surface area contributed by atoms with Crippen LogP contribution in [0.4, 0.5) is 4.39 Å². The number of hydrogen-bond acceptors (Lipinski definition) is 3. The molecule has 2 rings (SSSR count). The van der Waals surface area contributed by atoms with Crippen LogP contribution in [0.5, 0.6) is 5.75 Å². The molecule has 1 heterocycles. The number of piperazine rings is 1. The number of ether oxygens (including phenoxy) is 1. The van der Waals surface area contributed by atoms with Gasteiger partial charge in [0.1, 0.15) is 6.61 Å². The van der Waals surface area contributed by atoms with Gasteiger partial charge in [-0.05, 0) is 12.1 Å². The third-order valence-corrected chi connectivity index (χ3v) is 2.40. The first-order chi connectivity index (χ1) is 7.36. The number of nitrogens with one attached hydrogen (secondary N) is 2. The second-order valence-corrected chi connectivity index (χ2v) is 3.60. The van der Waals surface area contributed by atoms with Gasteiger partial charge < -0.3 is 15.4 Å². The summed E-state index contributed by atoms with van der Waals surface area (Å²) in [5, 5.41) is 6.55. The number of hydrogen-bond donors (Lipinski definition) is 2. The molecule has 1 saturated heterocycles. The molecule has 0 unspecified atom stereocenters. The minimum atomic E-state index is -0.304. The Morgan fingerprint density at radius 3 is 2.93 bits per heavy atom. The monoisotopic (exact) mass is 210 g/mol. The van der Waals surface area contributed by atoms with Gasteiger partial charge in [-0.1, -0.05) is 12.1 Å². The molecule has 1 aromatic rings. The summed E-state index contributed by atoms with van der Waals surface area (Å²) < 4.78 is 18.6. The van der Waals surface area contributed by atoms with Crippen LogP contribution < -0.4 is 15.4 Å². The molecule has 0 aliphatic carbocycles. The molecule has 1 aromatic carbocycles. The molecule has 0 amide bonds. The van der Waals surface area contributed by atoms with Crippen LogP contribution in [-0.4, -0.2) is 32.3 Å². The number of para-hydroxylation sites is 1. The minimum absolute atomic E-state index is 0.262. The van der Waals surface area contributed by atoms with Crippen LogP contribution in [0.25, 0.3) is 0 Å². The van der Waals surface area contributed by atoms with Crippen molar-refractivity contribution >= 4 is 0 Å². The van der Waals surface area contributed by atoms with E-state index in [0.29, 0.717) is 12.4 Å². The molecular weight excluding hydrogens is 195 g/mol. The molecule has 1 aliphatic heterocycles. The molecule has 0 bridgehead atoms. The second-order valence-electron chi connectivity index (χ2n) is 3.60. The Morgan fingerprint density at radius 2 is 2.20 bits per heavy atom. The van der Waals surface area contributed by atoms with Crippen molar-refractivity contribution in [3.05, 3.63) is 30.1 Å². The van der Waals surface area contributed by atoms with Crippen LogP contribution in [0.3, 0.4) is 0 Å². The SMILES string of the molecule is Fc1ccccc1OC[C@@H]1CNCCN1. The Balaban J connectivity index is 1.84. The van der Waals surface area contributed by atoms with Gasteiger partial charge in [-0.2, -0.15) is 0 Å². The van der Waals surface area contributed by atoms with Crippen LogP contribution in [0.1, 0.15) is 0 Å². The Hall–Kier alpha value is -1.13. The van der Waals surface area contributed by atoms with Gasteiger partial charge in [0.05, 0.1) is 6.04 Å². The van der Waals surface area contributed by atoms with Gasteiger partial charge >= 0.3 is 0 Å². The third kappa shape index (κ3) is 2.91. The lowest BCUT2D eigenvalue weighted by Crippen LogP contribution is -2.51. The molecule has 1 aliphatic rings. The molecule has 0 aromatic heterocycles. The van der Waals surface area contributed by atoms with Crippen LogP contribution in [0.15, 0.2) is 24.3 Å². The first kappa shape index (κ1) is 10.4. The number of rotatable bonds is 3. The van der Waals surface area contributed by atoms with Crippen LogP contribution in [0, 0.1) is 5.82 Å². The lowest BCUT2D eigenvalue weighted by atomic mass is 10.2. The minimum Gasteiger partial charge on any atom is -0.489 e. The smallest absolute Gasteiger partial charge is 0.165 e. The maximum Gasteiger partial charge on any atom is 0.165 e. The quantitative estimate of drug-likeness (QED) is 0.773. The van der Waals surface area contributed by atoms with Gasteiger partial charge in [0.2, 0.25) is 0 Å². The highest BCUT2D eigenvalue weighted by atomic mass is 19.1. The van der Waals surface area contributed by atoms with Gasteiger partial charge in [-0.25, -0.2) is 4.39 Å². The molecule has 2 N–H and O–H groups in total. The summed E-state index contributed by atoms with van der Waals surface area (Å²) in [5.41, 5.74) is 0. The topological polar surface area (TPSA) is 33.3 Å². The van der Waals surface area contributed by atoms with Gasteiger partial charge in [0.25, 0.3) is 0 Å². The average Bonchev–Trinajstić information content (AvgIpc) is 2.29. The zero-order valence-corrected chi connectivity index (χ0v) is 8.50. The predicted molar refractivity (Wildman–Crippen MR) is 56.6 cm³/mol. The van der Waals surface area contributed by atoms with E-state index in [9.17, 15) is 4.39 Å². The molecule has 4 heteroatoms. The van der Waals surface area contributed by atoms with Gasteiger partial charge in [0.15, 0.2) is 11.6 Å². The molecule has 15 heavy (non-hydrogen) atoms. The van der Waals surface area contributed by atoms with Gasteiger partial charge in [-0.3, -0.25) is 0 Å². The van der Waals surface area contributed by atoms with Gasteiger partial charge in [0, 0.05) is 19.6 Å². The van der Waals surface area contributed by atoms with Crippen molar-refractivity contribution in [2.75, 3.05) is 26.2 Å². The molecule has 1 atom stereocenters. The Labute approximate surface area is 88.6 Å². The van der Waals surface area contributed by atoms with Crippen LogP contribution >= 0.6 is 0 Å². The molecule has 0 spiro atoms. The highest BCUT2D eigenvalue weighted by Gasteiger charge is 2.13. The van der Waals surface area contributed by atoms with E-state index in [1.54, 1.807) is 18.2 Å². The Kier molecular flexibility index (Phi) is 3.53. The Bertz CT molecular complexity index is 313. The fourth-order valence-electron chi connectivity index (χ4n) is 1.58. The van der Waals surface area contributed by atoms with Crippen molar-refractivity contribution in [2.24, 2.45) is 0 Å². The average molecular weight is 210 g/mol. The first-order valence-electron chi connectivity index (χ1n) is 5.17. The largest absolute Gasteiger partial charge is 0.489 e. The van der Waals surface area contributed by atoms with E-state index in [1.165, 1.54) is 6.07 Å². The molecule has 0 radical (unpaired) electrons. The van der Waals surface area contributed by atoms with Crippen molar-refractivity contribution in [3.63, 3.8) is 0 Å². The van der Waals surface area contributed by atoms with Crippen molar-refractivity contribution in [3.8, 4) is 5.75 Å². The van der Waals surface area contributed by atoms with Crippen molar-refractivity contribution < 1.29 is 9.13 Å². The molecular formula is C11H15FN2O. The highest BCUT2D eigenvalue weighted by Crippen LogP contribution is 2.15. The molecule has 0 saturated carbocycles. The fraction of sp³-hybridized carbons (Fsp3) is 0.455. The lowest BCUT2D eigenvalue weighted by molar-refractivity contribution is 0.238. The van der Waals surface area contributed by atoms with E-state index in [-0.39, 0.29) is 11.9 Å². The molecule has 1 fully saturated rings. The highest BCUT2D eigenvalue weighted by molar-refractivity contribution is 5.23.